The predicted molar refractivity (Wildman–Crippen MR) is 66.0 cm³/mol. The molecule has 0 amide bonds. The minimum atomic E-state index is -1.20. The first kappa shape index (κ1) is 13.1. The molecule has 1 unspecified atom stereocenters. The molecule has 1 aromatic heterocycles. The third-order valence-electron chi connectivity index (χ3n) is 2.71. The van der Waals surface area contributed by atoms with Gasteiger partial charge in [-0.2, -0.15) is 0 Å². The van der Waals surface area contributed by atoms with Gasteiger partial charge in [-0.25, -0.2) is 13.2 Å². The summed E-state index contributed by atoms with van der Waals surface area (Å²) in [6, 6.07) is 4.26. The van der Waals surface area contributed by atoms with Crippen LogP contribution in [0.1, 0.15) is 28.3 Å². The first-order chi connectivity index (χ1) is 8.52. The van der Waals surface area contributed by atoms with Gasteiger partial charge in [-0.3, -0.25) is 0 Å². The number of aryl methyl sites for hydroxylation is 1. The lowest BCUT2D eigenvalue weighted by Gasteiger charge is -2.11. The van der Waals surface area contributed by atoms with Crippen molar-refractivity contribution in [3.05, 3.63) is 57.0 Å². The Kier molecular flexibility index (Phi) is 3.73. The summed E-state index contributed by atoms with van der Waals surface area (Å²) >= 11 is 1.45. The third kappa shape index (κ3) is 2.42. The van der Waals surface area contributed by atoms with Crippen molar-refractivity contribution in [1.82, 2.24) is 0 Å². The number of hydrogen-bond acceptors (Lipinski definition) is 2. The van der Waals surface area contributed by atoms with E-state index in [0.29, 0.717) is 6.07 Å². The molecule has 2 rings (SSSR count). The molecule has 96 valence electrons. The van der Waals surface area contributed by atoms with Crippen LogP contribution in [0.15, 0.2) is 24.3 Å². The highest BCUT2D eigenvalue weighted by molar-refractivity contribution is 7.12. The average molecular weight is 271 g/mol. The van der Waals surface area contributed by atoms with E-state index in [2.05, 4.69) is 0 Å². The van der Waals surface area contributed by atoms with Crippen molar-refractivity contribution in [2.24, 2.45) is 5.73 Å². The van der Waals surface area contributed by atoms with Gasteiger partial charge in [0.05, 0.1) is 6.04 Å². The minimum absolute atomic E-state index is 0.0293. The molecule has 1 aromatic carbocycles. The van der Waals surface area contributed by atoms with Crippen LogP contribution in [0.2, 0.25) is 0 Å². The van der Waals surface area contributed by atoms with Crippen molar-refractivity contribution in [2.45, 2.75) is 19.4 Å². The molecule has 1 atom stereocenters. The van der Waals surface area contributed by atoms with E-state index >= 15 is 0 Å². The number of benzene rings is 1. The van der Waals surface area contributed by atoms with Crippen LogP contribution in [-0.2, 0) is 6.42 Å². The lowest BCUT2D eigenvalue weighted by atomic mass is 10.1. The summed E-state index contributed by atoms with van der Waals surface area (Å²) in [6.45, 7) is 2.00. The largest absolute Gasteiger partial charge is 0.320 e. The van der Waals surface area contributed by atoms with Crippen molar-refractivity contribution < 1.29 is 13.2 Å². The fraction of sp³-hybridized carbons (Fsp3) is 0.231. The quantitative estimate of drug-likeness (QED) is 0.845. The van der Waals surface area contributed by atoms with Crippen molar-refractivity contribution >= 4 is 11.3 Å². The lowest BCUT2D eigenvalue weighted by Crippen LogP contribution is -2.13. The minimum Gasteiger partial charge on any atom is -0.320 e. The van der Waals surface area contributed by atoms with Crippen LogP contribution in [0.5, 0.6) is 0 Å². The Labute approximate surface area is 107 Å². The Morgan fingerprint density at radius 3 is 2.39 bits per heavy atom. The first-order valence-electron chi connectivity index (χ1n) is 5.51. The van der Waals surface area contributed by atoms with E-state index in [1.807, 2.05) is 13.0 Å². The highest BCUT2D eigenvalue weighted by Crippen LogP contribution is 2.29. The third-order valence-corrected chi connectivity index (χ3v) is 4.02. The zero-order chi connectivity index (χ0) is 13.3. The fourth-order valence-electron chi connectivity index (χ4n) is 1.68. The number of halogens is 3. The predicted octanol–water partition coefficient (Wildman–Crippen LogP) is 3.78. The number of hydrogen-bond donors (Lipinski definition) is 1. The number of nitrogens with two attached hydrogens (primary N) is 1. The maximum Gasteiger partial charge on any atom is 0.161 e. The second-order valence-electron chi connectivity index (χ2n) is 3.92. The molecule has 2 N–H and O–H groups in total. The Bertz CT molecular complexity index is 565. The highest BCUT2D eigenvalue weighted by Gasteiger charge is 2.18. The smallest absolute Gasteiger partial charge is 0.161 e. The van der Waals surface area contributed by atoms with E-state index in [1.165, 1.54) is 11.3 Å². The maximum absolute atomic E-state index is 13.6. The van der Waals surface area contributed by atoms with E-state index in [-0.39, 0.29) is 5.56 Å². The number of rotatable bonds is 3. The summed E-state index contributed by atoms with van der Waals surface area (Å²) in [5.74, 6) is -3.12. The van der Waals surface area contributed by atoms with Gasteiger partial charge in [-0.15, -0.1) is 11.3 Å². The Hall–Kier alpha value is -1.33. The van der Waals surface area contributed by atoms with E-state index in [1.54, 1.807) is 6.07 Å². The first-order valence-corrected chi connectivity index (χ1v) is 6.33. The summed E-state index contributed by atoms with van der Waals surface area (Å²) in [6.07, 6.45) is 0.859. The molecule has 0 radical (unpaired) electrons. The van der Waals surface area contributed by atoms with Crippen LogP contribution in [-0.4, -0.2) is 0 Å². The van der Waals surface area contributed by atoms with E-state index in [9.17, 15) is 13.2 Å². The topological polar surface area (TPSA) is 26.0 Å². The van der Waals surface area contributed by atoms with Crippen LogP contribution in [0.3, 0.4) is 0 Å². The van der Waals surface area contributed by atoms with Gasteiger partial charge < -0.3 is 5.73 Å². The average Bonchev–Trinajstić information content (AvgIpc) is 2.81. The van der Waals surface area contributed by atoms with Gasteiger partial charge in [0.2, 0.25) is 0 Å². The highest BCUT2D eigenvalue weighted by atomic mass is 32.1. The summed E-state index contributed by atoms with van der Waals surface area (Å²) in [7, 11) is 0. The van der Waals surface area contributed by atoms with Gasteiger partial charge in [0, 0.05) is 21.4 Å². The molecule has 0 saturated carbocycles. The fourth-order valence-corrected chi connectivity index (χ4v) is 2.65. The van der Waals surface area contributed by atoms with E-state index < -0.39 is 23.5 Å². The summed E-state index contributed by atoms with van der Waals surface area (Å²) < 4.78 is 39.5. The molecule has 1 heterocycles. The molecular weight excluding hydrogens is 259 g/mol. The Balaban J connectivity index is 2.39. The van der Waals surface area contributed by atoms with Gasteiger partial charge >= 0.3 is 0 Å². The molecule has 0 aliphatic rings. The molecule has 5 heteroatoms. The van der Waals surface area contributed by atoms with Gasteiger partial charge in [-0.1, -0.05) is 6.92 Å². The molecule has 2 aromatic rings. The maximum atomic E-state index is 13.6. The molecule has 0 fully saturated rings. The van der Waals surface area contributed by atoms with Crippen LogP contribution in [0, 0.1) is 17.5 Å². The zero-order valence-electron chi connectivity index (χ0n) is 9.71. The molecule has 0 saturated heterocycles. The normalized spacial score (nSPS) is 12.7. The molecule has 0 bridgehead atoms. The van der Waals surface area contributed by atoms with Gasteiger partial charge in [-0.05, 0) is 24.6 Å². The molecule has 0 aliphatic carbocycles. The van der Waals surface area contributed by atoms with Crippen molar-refractivity contribution in [1.29, 1.82) is 0 Å². The van der Waals surface area contributed by atoms with E-state index in [0.717, 1.165) is 22.2 Å². The standard InChI is InChI=1S/C13H12F3NS/c1-2-7-3-4-12(18-7)13(17)8-5-10(15)11(16)6-9(8)14/h3-6,13H,2,17H2,1H3. The summed E-state index contributed by atoms with van der Waals surface area (Å²) in [5.41, 5.74) is 5.86. The zero-order valence-corrected chi connectivity index (χ0v) is 10.5. The molecule has 0 spiro atoms. The molecule has 1 nitrogen and oxygen atoms in total. The van der Waals surface area contributed by atoms with Crippen molar-refractivity contribution in [3.8, 4) is 0 Å². The van der Waals surface area contributed by atoms with Gasteiger partial charge in [0.25, 0.3) is 0 Å². The monoisotopic (exact) mass is 271 g/mol. The van der Waals surface area contributed by atoms with Crippen LogP contribution < -0.4 is 5.73 Å². The van der Waals surface area contributed by atoms with Gasteiger partial charge in [0.15, 0.2) is 11.6 Å². The summed E-state index contributed by atoms with van der Waals surface area (Å²) in [5, 5.41) is 0. The lowest BCUT2D eigenvalue weighted by molar-refractivity contribution is 0.488. The van der Waals surface area contributed by atoms with Crippen LogP contribution in [0.4, 0.5) is 13.2 Å². The summed E-state index contributed by atoms with van der Waals surface area (Å²) in [4.78, 5) is 1.85. The van der Waals surface area contributed by atoms with Crippen molar-refractivity contribution in [2.75, 3.05) is 0 Å². The van der Waals surface area contributed by atoms with E-state index in [4.69, 9.17) is 5.73 Å². The Morgan fingerprint density at radius 1 is 1.11 bits per heavy atom. The SMILES string of the molecule is CCc1ccc(C(N)c2cc(F)c(F)cc2F)s1. The Morgan fingerprint density at radius 2 is 1.78 bits per heavy atom. The second kappa shape index (κ2) is 5.12. The molecule has 18 heavy (non-hydrogen) atoms. The van der Waals surface area contributed by atoms with Gasteiger partial charge in [0.1, 0.15) is 5.82 Å². The van der Waals surface area contributed by atoms with Crippen molar-refractivity contribution in [3.63, 3.8) is 0 Å². The molecular formula is C13H12F3NS. The van der Waals surface area contributed by atoms with Crippen LogP contribution >= 0.6 is 11.3 Å². The second-order valence-corrected chi connectivity index (χ2v) is 5.12. The van der Waals surface area contributed by atoms with Crippen LogP contribution in [0.25, 0.3) is 0 Å². The number of thiophene rings is 1. The molecule has 0 aliphatic heterocycles.